The van der Waals surface area contributed by atoms with Crippen LogP contribution in [0.15, 0.2) is 59.6 Å². The van der Waals surface area contributed by atoms with Gasteiger partial charge in [-0.25, -0.2) is 4.39 Å². The molecule has 0 atom stereocenters. The van der Waals surface area contributed by atoms with Gasteiger partial charge in [0, 0.05) is 27.6 Å². The van der Waals surface area contributed by atoms with E-state index < -0.39 is 0 Å². The van der Waals surface area contributed by atoms with E-state index in [2.05, 4.69) is 4.98 Å². The Morgan fingerprint density at radius 1 is 1.15 bits per heavy atom. The third-order valence-electron chi connectivity index (χ3n) is 3.06. The van der Waals surface area contributed by atoms with Gasteiger partial charge in [0.1, 0.15) is 5.82 Å². The van der Waals surface area contributed by atoms with E-state index in [1.165, 1.54) is 23.9 Å². The highest BCUT2D eigenvalue weighted by atomic mass is 32.2. The second kappa shape index (κ2) is 5.51. The fourth-order valence-electron chi connectivity index (χ4n) is 2.09. The van der Waals surface area contributed by atoms with Gasteiger partial charge >= 0.3 is 0 Å². The van der Waals surface area contributed by atoms with Crippen LogP contribution in [0.3, 0.4) is 0 Å². The number of fused-ring (bicyclic) bond motifs is 1. The van der Waals surface area contributed by atoms with Crippen molar-refractivity contribution in [3.05, 3.63) is 66.1 Å². The first-order valence-corrected chi connectivity index (χ1v) is 7.20. The van der Waals surface area contributed by atoms with Crippen LogP contribution >= 0.6 is 11.8 Å². The zero-order chi connectivity index (χ0) is 13.9. The highest BCUT2D eigenvalue weighted by molar-refractivity contribution is 8.00. The minimum Gasteiger partial charge on any atom is -0.360 e. The van der Waals surface area contributed by atoms with Gasteiger partial charge in [-0.2, -0.15) is 0 Å². The molecule has 20 heavy (non-hydrogen) atoms. The van der Waals surface area contributed by atoms with Gasteiger partial charge in [0.2, 0.25) is 0 Å². The van der Waals surface area contributed by atoms with Gasteiger partial charge in [0.05, 0.1) is 5.75 Å². The van der Waals surface area contributed by atoms with Gasteiger partial charge in [-0.05, 0) is 24.3 Å². The highest BCUT2D eigenvalue weighted by Gasteiger charge is 2.12. The summed E-state index contributed by atoms with van der Waals surface area (Å²) in [5.41, 5.74) is 1.64. The van der Waals surface area contributed by atoms with Crippen molar-refractivity contribution in [3.8, 4) is 0 Å². The molecule has 1 aromatic heterocycles. The summed E-state index contributed by atoms with van der Waals surface area (Å²) in [6, 6.07) is 14.0. The first-order chi connectivity index (χ1) is 9.74. The monoisotopic (exact) mass is 285 g/mol. The number of thioether (sulfide) groups is 1. The number of halogens is 1. The summed E-state index contributed by atoms with van der Waals surface area (Å²) in [4.78, 5) is 16.1. The minimum atomic E-state index is -0.283. The van der Waals surface area contributed by atoms with Crippen LogP contribution in [-0.2, 0) is 0 Å². The molecule has 3 rings (SSSR count). The molecule has 0 saturated carbocycles. The van der Waals surface area contributed by atoms with Crippen molar-refractivity contribution in [1.29, 1.82) is 0 Å². The van der Waals surface area contributed by atoms with Crippen molar-refractivity contribution < 1.29 is 9.18 Å². The van der Waals surface area contributed by atoms with Gasteiger partial charge < -0.3 is 4.98 Å². The number of H-pyrrole nitrogens is 1. The number of para-hydroxylation sites is 1. The maximum absolute atomic E-state index is 13.1. The Bertz CT molecular complexity index is 766. The number of hydrogen-bond donors (Lipinski definition) is 1. The lowest BCUT2D eigenvalue weighted by Gasteiger charge is -2.01. The van der Waals surface area contributed by atoms with Crippen LogP contribution in [0.25, 0.3) is 10.9 Å². The molecule has 0 amide bonds. The van der Waals surface area contributed by atoms with Crippen LogP contribution in [0.4, 0.5) is 4.39 Å². The van der Waals surface area contributed by atoms with Crippen LogP contribution in [0.5, 0.6) is 0 Å². The molecule has 0 radical (unpaired) electrons. The van der Waals surface area contributed by atoms with Gasteiger partial charge in [0.25, 0.3) is 0 Å². The quantitative estimate of drug-likeness (QED) is 0.573. The lowest BCUT2D eigenvalue weighted by molar-refractivity contribution is 0.102. The van der Waals surface area contributed by atoms with Crippen LogP contribution in [0.1, 0.15) is 10.4 Å². The molecule has 0 bridgehead atoms. The van der Waals surface area contributed by atoms with Crippen molar-refractivity contribution >= 4 is 28.4 Å². The van der Waals surface area contributed by atoms with E-state index in [0.717, 1.165) is 15.8 Å². The van der Waals surface area contributed by atoms with Crippen molar-refractivity contribution in [2.75, 3.05) is 5.75 Å². The molecule has 0 aliphatic rings. The second-order valence-electron chi connectivity index (χ2n) is 4.42. The Morgan fingerprint density at radius 2 is 2.00 bits per heavy atom. The molecule has 0 aliphatic carbocycles. The summed E-state index contributed by atoms with van der Waals surface area (Å²) in [6.45, 7) is 0. The van der Waals surface area contributed by atoms with Gasteiger partial charge in [-0.15, -0.1) is 11.8 Å². The third kappa shape index (κ3) is 2.60. The van der Waals surface area contributed by atoms with Crippen LogP contribution in [0.2, 0.25) is 0 Å². The molecular weight excluding hydrogens is 273 g/mol. The number of nitrogens with one attached hydrogen (secondary N) is 1. The molecule has 2 nitrogen and oxygen atoms in total. The summed E-state index contributed by atoms with van der Waals surface area (Å²) < 4.78 is 13.1. The number of hydrogen-bond acceptors (Lipinski definition) is 2. The number of Topliss-reactive ketones (excluding diaryl/α,β-unsaturated/α-hetero) is 1. The Balaban J connectivity index is 1.76. The molecule has 1 heterocycles. The Kier molecular flexibility index (Phi) is 3.56. The molecule has 0 saturated heterocycles. The predicted octanol–water partition coefficient (Wildman–Crippen LogP) is 4.28. The second-order valence-corrected chi connectivity index (χ2v) is 5.47. The average molecular weight is 285 g/mol. The number of aromatic amines is 1. The normalized spacial score (nSPS) is 10.8. The number of carbonyl (C=O) groups is 1. The largest absolute Gasteiger partial charge is 0.360 e. The summed E-state index contributed by atoms with van der Waals surface area (Å²) in [6.07, 6.45) is 1.74. The van der Waals surface area contributed by atoms with Gasteiger partial charge in [0.15, 0.2) is 5.78 Å². The fourth-order valence-corrected chi connectivity index (χ4v) is 2.91. The molecule has 0 spiro atoms. The van der Waals surface area contributed by atoms with E-state index in [0.29, 0.717) is 11.3 Å². The lowest BCUT2D eigenvalue weighted by atomic mass is 10.1. The molecule has 0 fully saturated rings. The zero-order valence-corrected chi connectivity index (χ0v) is 11.4. The smallest absolute Gasteiger partial charge is 0.175 e. The Morgan fingerprint density at radius 3 is 2.85 bits per heavy atom. The van der Waals surface area contributed by atoms with E-state index in [4.69, 9.17) is 0 Å². The molecule has 100 valence electrons. The number of carbonyl (C=O) groups excluding carboxylic acids is 1. The summed E-state index contributed by atoms with van der Waals surface area (Å²) in [7, 11) is 0. The summed E-state index contributed by atoms with van der Waals surface area (Å²) in [5.74, 6) is 0.0527. The number of aromatic nitrogens is 1. The van der Waals surface area contributed by atoms with E-state index >= 15 is 0 Å². The van der Waals surface area contributed by atoms with Crippen LogP contribution in [0, 0.1) is 5.82 Å². The molecule has 3 aromatic rings. The van der Waals surface area contributed by atoms with E-state index in [1.807, 2.05) is 24.3 Å². The maximum Gasteiger partial charge on any atom is 0.175 e. The summed E-state index contributed by atoms with van der Waals surface area (Å²) in [5, 5.41) is 0.928. The SMILES string of the molecule is O=C(CSc1cccc(F)c1)c1c[nH]c2ccccc12. The Labute approximate surface area is 120 Å². The van der Waals surface area contributed by atoms with Crippen molar-refractivity contribution in [3.63, 3.8) is 0 Å². The standard InChI is InChI=1S/C16H12FNOS/c17-11-4-3-5-12(8-11)20-10-16(19)14-9-18-15-7-2-1-6-13(14)15/h1-9,18H,10H2. The van der Waals surface area contributed by atoms with Crippen molar-refractivity contribution in [2.24, 2.45) is 0 Å². The minimum absolute atomic E-state index is 0.0386. The molecule has 1 N–H and O–H groups in total. The fraction of sp³-hybridized carbons (Fsp3) is 0.0625. The molecule has 2 aromatic carbocycles. The lowest BCUT2D eigenvalue weighted by Crippen LogP contribution is -2.01. The Hall–Kier alpha value is -2.07. The number of rotatable bonds is 4. The van der Waals surface area contributed by atoms with E-state index in [1.54, 1.807) is 18.3 Å². The highest BCUT2D eigenvalue weighted by Crippen LogP contribution is 2.23. The van der Waals surface area contributed by atoms with Crippen molar-refractivity contribution in [2.45, 2.75) is 4.90 Å². The van der Waals surface area contributed by atoms with Crippen molar-refractivity contribution in [1.82, 2.24) is 4.98 Å². The van der Waals surface area contributed by atoms with E-state index in [-0.39, 0.29) is 11.6 Å². The first kappa shape index (κ1) is 12.9. The average Bonchev–Trinajstić information content (AvgIpc) is 2.89. The topological polar surface area (TPSA) is 32.9 Å². The van der Waals surface area contributed by atoms with Crippen LogP contribution < -0.4 is 0 Å². The van der Waals surface area contributed by atoms with Gasteiger partial charge in [-0.3, -0.25) is 4.79 Å². The molecular formula is C16H12FNOS. The number of benzene rings is 2. The van der Waals surface area contributed by atoms with Crippen LogP contribution in [-0.4, -0.2) is 16.5 Å². The van der Waals surface area contributed by atoms with E-state index in [9.17, 15) is 9.18 Å². The van der Waals surface area contributed by atoms with Gasteiger partial charge in [-0.1, -0.05) is 24.3 Å². The molecule has 0 aliphatic heterocycles. The summed E-state index contributed by atoms with van der Waals surface area (Å²) >= 11 is 1.35. The zero-order valence-electron chi connectivity index (χ0n) is 10.6. The maximum atomic E-state index is 13.1. The number of ketones is 1. The predicted molar refractivity (Wildman–Crippen MR) is 79.8 cm³/mol. The first-order valence-electron chi connectivity index (χ1n) is 6.22. The third-order valence-corrected chi connectivity index (χ3v) is 4.05. The molecule has 0 unspecified atom stereocenters. The molecule has 4 heteroatoms.